The fourth-order valence-corrected chi connectivity index (χ4v) is 3.60. The SMILES string of the molecule is COC(=O)[C@@H]1C[C@@H](OC(F)F)CN1C(=O)CNC(=O)c1cc(F)cc(Oc2ccc(C)cc2F)c1. The summed E-state index contributed by atoms with van der Waals surface area (Å²) in [4.78, 5) is 38.1. The molecule has 0 radical (unpaired) electrons. The Bertz CT molecular complexity index is 1110. The molecule has 0 aromatic heterocycles. The molecule has 1 aliphatic rings. The summed E-state index contributed by atoms with van der Waals surface area (Å²) in [7, 11) is 1.08. The van der Waals surface area contributed by atoms with Crippen LogP contribution in [0.15, 0.2) is 36.4 Å². The number of nitrogens with one attached hydrogen (secondary N) is 1. The van der Waals surface area contributed by atoms with Crippen LogP contribution in [0.25, 0.3) is 0 Å². The van der Waals surface area contributed by atoms with Gasteiger partial charge >= 0.3 is 12.6 Å². The molecule has 8 nitrogen and oxygen atoms in total. The van der Waals surface area contributed by atoms with Crippen molar-refractivity contribution in [3.63, 3.8) is 0 Å². The Morgan fingerprint density at radius 1 is 1.14 bits per heavy atom. The minimum absolute atomic E-state index is 0.151. The molecule has 1 N–H and O–H groups in total. The van der Waals surface area contributed by atoms with E-state index in [2.05, 4.69) is 14.8 Å². The number of benzene rings is 2. The summed E-state index contributed by atoms with van der Waals surface area (Å²) in [5.74, 6) is -4.28. The minimum atomic E-state index is -3.09. The highest BCUT2D eigenvalue weighted by Crippen LogP contribution is 2.27. The van der Waals surface area contributed by atoms with E-state index in [4.69, 9.17) is 4.74 Å². The predicted molar refractivity (Wildman–Crippen MR) is 113 cm³/mol. The quantitative estimate of drug-likeness (QED) is 0.444. The lowest BCUT2D eigenvalue weighted by molar-refractivity contribution is -0.160. The lowest BCUT2D eigenvalue weighted by Crippen LogP contribution is -2.46. The molecule has 0 unspecified atom stereocenters. The first kappa shape index (κ1) is 25.9. The highest BCUT2D eigenvalue weighted by Gasteiger charge is 2.41. The molecule has 35 heavy (non-hydrogen) atoms. The van der Waals surface area contributed by atoms with Gasteiger partial charge in [0.05, 0.1) is 19.8 Å². The first-order valence-corrected chi connectivity index (χ1v) is 10.4. The standard InChI is InChI=1S/C23H22F4N2O6/c1-12-3-4-19(17(25)5-12)34-15-7-13(6-14(24)8-15)21(31)28-10-20(30)29-11-16(35-23(26)27)9-18(29)22(32)33-2/h3-8,16,18,23H,9-11H2,1-2H3,(H,28,31)/t16-,18+/m1/s1. The van der Waals surface area contributed by atoms with Crippen molar-refractivity contribution < 1.29 is 46.2 Å². The topological polar surface area (TPSA) is 94.2 Å². The summed E-state index contributed by atoms with van der Waals surface area (Å²) >= 11 is 0. The maximum absolute atomic E-state index is 14.1. The molecule has 1 saturated heterocycles. The Hall–Kier alpha value is -3.67. The van der Waals surface area contributed by atoms with E-state index in [1.807, 2.05) is 0 Å². The second-order valence-corrected chi connectivity index (χ2v) is 7.73. The monoisotopic (exact) mass is 498 g/mol. The maximum Gasteiger partial charge on any atom is 0.345 e. The van der Waals surface area contributed by atoms with Crippen LogP contribution < -0.4 is 10.1 Å². The van der Waals surface area contributed by atoms with Crippen molar-refractivity contribution in [3.8, 4) is 11.5 Å². The van der Waals surface area contributed by atoms with Crippen LogP contribution in [0.5, 0.6) is 11.5 Å². The highest BCUT2D eigenvalue weighted by atomic mass is 19.3. The zero-order valence-electron chi connectivity index (χ0n) is 18.7. The molecule has 1 heterocycles. The fourth-order valence-electron chi connectivity index (χ4n) is 3.60. The molecule has 0 aliphatic carbocycles. The number of nitrogens with zero attached hydrogens (tertiary/aromatic N) is 1. The molecular weight excluding hydrogens is 476 g/mol. The van der Waals surface area contributed by atoms with E-state index in [1.54, 1.807) is 13.0 Å². The average molecular weight is 498 g/mol. The molecule has 0 bridgehead atoms. The third-order valence-corrected chi connectivity index (χ3v) is 5.20. The number of carbonyl (C=O) groups is 3. The van der Waals surface area contributed by atoms with Gasteiger partial charge in [-0.15, -0.1) is 0 Å². The van der Waals surface area contributed by atoms with Gasteiger partial charge in [0.1, 0.15) is 17.6 Å². The molecule has 12 heteroatoms. The third-order valence-electron chi connectivity index (χ3n) is 5.20. The summed E-state index contributed by atoms with van der Waals surface area (Å²) in [5.41, 5.74) is 0.434. The summed E-state index contributed by atoms with van der Waals surface area (Å²) in [5, 5.41) is 2.28. The molecule has 0 spiro atoms. The third kappa shape index (κ3) is 6.69. The van der Waals surface area contributed by atoms with Crippen molar-refractivity contribution in [1.29, 1.82) is 0 Å². The van der Waals surface area contributed by atoms with Gasteiger partial charge in [-0.05, 0) is 36.8 Å². The number of hydrogen-bond acceptors (Lipinski definition) is 6. The molecule has 1 aliphatic heterocycles. The smallest absolute Gasteiger partial charge is 0.345 e. The molecular formula is C23H22F4N2O6. The summed E-state index contributed by atoms with van der Waals surface area (Å²) in [6.45, 7) is -2.34. The predicted octanol–water partition coefficient (Wildman–Crippen LogP) is 3.18. The van der Waals surface area contributed by atoms with Gasteiger partial charge in [-0.3, -0.25) is 9.59 Å². The van der Waals surface area contributed by atoms with Crippen molar-refractivity contribution in [2.24, 2.45) is 0 Å². The molecule has 3 rings (SSSR count). The van der Waals surface area contributed by atoms with Crippen LogP contribution in [-0.4, -0.2) is 61.6 Å². The number of aryl methyl sites for hydroxylation is 1. The lowest BCUT2D eigenvalue weighted by Gasteiger charge is -2.22. The lowest BCUT2D eigenvalue weighted by atomic mass is 10.2. The second-order valence-electron chi connectivity index (χ2n) is 7.73. The maximum atomic E-state index is 14.1. The zero-order valence-corrected chi connectivity index (χ0v) is 18.7. The molecule has 2 aromatic rings. The number of likely N-dealkylation sites (tertiary alicyclic amines) is 1. The summed E-state index contributed by atoms with van der Waals surface area (Å²) < 4.78 is 67.6. The van der Waals surface area contributed by atoms with Crippen molar-refractivity contribution in [2.45, 2.75) is 32.1 Å². The Morgan fingerprint density at radius 2 is 1.89 bits per heavy atom. The molecule has 2 aromatic carbocycles. The van der Waals surface area contributed by atoms with Crippen molar-refractivity contribution in [1.82, 2.24) is 10.2 Å². The number of esters is 1. The van der Waals surface area contributed by atoms with Gasteiger partial charge in [0.25, 0.3) is 5.91 Å². The van der Waals surface area contributed by atoms with Crippen molar-refractivity contribution in [3.05, 3.63) is 59.2 Å². The highest BCUT2D eigenvalue weighted by molar-refractivity contribution is 5.97. The van der Waals surface area contributed by atoms with E-state index in [1.165, 1.54) is 12.1 Å². The van der Waals surface area contributed by atoms with Gasteiger partial charge in [0.2, 0.25) is 5.91 Å². The van der Waals surface area contributed by atoms with E-state index < -0.39 is 54.7 Å². The average Bonchev–Trinajstić information content (AvgIpc) is 3.21. The van der Waals surface area contributed by atoms with Gasteiger partial charge in [-0.2, -0.15) is 8.78 Å². The Labute approximate surface area is 197 Å². The first-order valence-electron chi connectivity index (χ1n) is 10.4. The van der Waals surface area contributed by atoms with E-state index in [9.17, 15) is 31.9 Å². The van der Waals surface area contributed by atoms with Gasteiger partial charge < -0.3 is 24.4 Å². The van der Waals surface area contributed by atoms with Gasteiger partial charge in [-0.1, -0.05) is 6.07 Å². The number of amides is 2. The van der Waals surface area contributed by atoms with Crippen LogP contribution in [0.2, 0.25) is 0 Å². The van der Waals surface area contributed by atoms with Crippen LogP contribution in [0.3, 0.4) is 0 Å². The summed E-state index contributed by atoms with van der Waals surface area (Å²) in [6.07, 6.45) is -1.29. The van der Waals surface area contributed by atoms with Crippen LogP contribution in [0, 0.1) is 18.6 Å². The number of hydrogen-bond donors (Lipinski definition) is 1. The molecule has 1 fully saturated rings. The van der Waals surface area contributed by atoms with Crippen LogP contribution in [-0.2, 0) is 19.1 Å². The van der Waals surface area contributed by atoms with E-state index >= 15 is 0 Å². The molecule has 2 amide bonds. The van der Waals surface area contributed by atoms with E-state index in [0.717, 1.165) is 30.2 Å². The zero-order chi connectivity index (χ0) is 25.7. The second kappa shape index (κ2) is 11.2. The number of rotatable bonds is 8. The van der Waals surface area contributed by atoms with Crippen LogP contribution >= 0.6 is 0 Å². The number of halogens is 4. The number of alkyl halides is 2. The minimum Gasteiger partial charge on any atom is -0.467 e. The van der Waals surface area contributed by atoms with E-state index in [-0.39, 0.29) is 30.0 Å². The van der Waals surface area contributed by atoms with Gasteiger partial charge in [-0.25, -0.2) is 13.6 Å². The number of ether oxygens (including phenoxy) is 3. The molecule has 0 saturated carbocycles. The molecule has 2 atom stereocenters. The number of carbonyl (C=O) groups excluding carboxylic acids is 3. The first-order chi connectivity index (χ1) is 16.6. The normalized spacial score (nSPS) is 17.4. The summed E-state index contributed by atoms with van der Waals surface area (Å²) in [6, 6.07) is 6.01. The number of methoxy groups -OCH3 is 1. The largest absolute Gasteiger partial charge is 0.467 e. The van der Waals surface area contributed by atoms with E-state index in [0.29, 0.717) is 5.56 Å². The van der Waals surface area contributed by atoms with Crippen molar-refractivity contribution in [2.75, 3.05) is 20.2 Å². The Balaban J connectivity index is 1.67. The van der Waals surface area contributed by atoms with Crippen LogP contribution in [0.4, 0.5) is 17.6 Å². The molecule has 188 valence electrons. The van der Waals surface area contributed by atoms with Crippen LogP contribution in [0.1, 0.15) is 22.3 Å². The van der Waals surface area contributed by atoms with Gasteiger partial charge in [0.15, 0.2) is 11.6 Å². The Kier molecular flexibility index (Phi) is 8.28. The fraction of sp³-hybridized carbons (Fsp3) is 0.348. The van der Waals surface area contributed by atoms with Crippen molar-refractivity contribution >= 4 is 17.8 Å². The Morgan fingerprint density at radius 3 is 2.54 bits per heavy atom. The van der Waals surface area contributed by atoms with Gasteiger partial charge in [0, 0.05) is 24.6 Å².